The summed E-state index contributed by atoms with van der Waals surface area (Å²) in [7, 11) is 0. The van der Waals surface area contributed by atoms with Crippen molar-refractivity contribution in [3.8, 4) is 11.4 Å². The lowest BCUT2D eigenvalue weighted by Gasteiger charge is -2.21. The quantitative estimate of drug-likeness (QED) is 0.500. The lowest BCUT2D eigenvalue weighted by molar-refractivity contribution is -0.123. The minimum absolute atomic E-state index is 0.0309. The highest BCUT2D eigenvalue weighted by Crippen LogP contribution is 2.43. The van der Waals surface area contributed by atoms with Gasteiger partial charge in [-0.15, -0.1) is 23.5 Å². The third-order valence-corrected chi connectivity index (χ3v) is 8.29. The molecule has 1 saturated heterocycles. The van der Waals surface area contributed by atoms with Crippen LogP contribution in [0.4, 0.5) is 0 Å². The van der Waals surface area contributed by atoms with Crippen LogP contribution < -0.4 is 10.1 Å². The van der Waals surface area contributed by atoms with Gasteiger partial charge in [-0.05, 0) is 79.7 Å². The third-order valence-electron chi connectivity index (χ3n) is 5.28. The zero-order valence-electron chi connectivity index (χ0n) is 18.5. The van der Waals surface area contributed by atoms with Gasteiger partial charge in [0, 0.05) is 12.2 Å². The highest BCUT2D eigenvalue weighted by Gasteiger charge is 2.16. The second kappa shape index (κ2) is 11.0. The van der Waals surface area contributed by atoms with Gasteiger partial charge in [-0.2, -0.15) is 5.10 Å². The Hall–Kier alpha value is -2.38. The first kappa shape index (κ1) is 22.8. The fraction of sp³-hybridized carbons (Fsp3) is 0.360. The zero-order chi connectivity index (χ0) is 22.3. The molecule has 1 aliphatic rings. The van der Waals surface area contributed by atoms with Crippen LogP contribution in [0.5, 0.6) is 5.75 Å². The van der Waals surface area contributed by atoms with Crippen molar-refractivity contribution in [2.45, 2.75) is 31.3 Å². The van der Waals surface area contributed by atoms with Crippen molar-refractivity contribution in [3.05, 3.63) is 77.1 Å². The molecular weight excluding hydrogens is 438 g/mol. The van der Waals surface area contributed by atoms with Crippen molar-refractivity contribution in [3.63, 3.8) is 0 Å². The summed E-state index contributed by atoms with van der Waals surface area (Å²) in [6.07, 6.45) is 2.06. The molecule has 0 bridgehead atoms. The smallest absolute Gasteiger partial charge is 0.257 e. The van der Waals surface area contributed by atoms with E-state index in [1.807, 2.05) is 47.3 Å². The normalized spacial score (nSPS) is 14.3. The summed E-state index contributed by atoms with van der Waals surface area (Å²) in [5, 5.41) is 7.45. The van der Waals surface area contributed by atoms with Gasteiger partial charge in [0.25, 0.3) is 5.91 Å². The van der Waals surface area contributed by atoms with Crippen LogP contribution in [-0.2, 0) is 11.2 Å². The predicted octanol–water partition coefficient (Wildman–Crippen LogP) is 5.10. The number of amides is 1. The summed E-state index contributed by atoms with van der Waals surface area (Å²) in [5.74, 6) is 3.08. The van der Waals surface area contributed by atoms with Gasteiger partial charge in [0.1, 0.15) is 5.75 Å². The first-order chi connectivity index (χ1) is 15.6. The summed E-state index contributed by atoms with van der Waals surface area (Å²) in [4.78, 5) is 12.1. The Morgan fingerprint density at radius 3 is 2.47 bits per heavy atom. The van der Waals surface area contributed by atoms with E-state index in [9.17, 15) is 4.79 Å². The number of rotatable bonds is 8. The van der Waals surface area contributed by atoms with Gasteiger partial charge in [0.05, 0.1) is 16.0 Å². The molecule has 1 fully saturated rings. The number of ether oxygens (including phenoxy) is 1. The van der Waals surface area contributed by atoms with E-state index in [-0.39, 0.29) is 12.5 Å². The second-order valence-electron chi connectivity index (χ2n) is 7.89. The van der Waals surface area contributed by atoms with E-state index in [4.69, 9.17) is 4.74 Å². The second-order valence-corrected chi connectivity index (χ2v) is 10.6. The molecular formula is C25H29N3O2S2. The number of aromatic nitrogens is 2. The van der Waals surface area contributed by atoms with Crippen LogP contribution in [0.25, 0.3) is 5.69 Å². The Morgan fingerprint density at radius 1 is 1.09 bits per heavy atom. The number of carbonyl (C=O) groups excluding carboxylic acids is 1. The lowest BCUT2D eigenvalue weighted by atomic mass is 10.1. The van der Waals surface area contributed by atoms with Crippen LogP contribution in [0.2, 0.25) is 0 Å². The van der Waals surface area contributed by atoms with E-state index in [1.165, 1.54) is 29.1 Å². The average Bonchev–Trinajstić information content (AvgIpc) is 3.17. The minimum atomic E-state index is -0.105. The number of aryl methyl sites for hydroxylation is 2. The van der Waals surface area contributed by atoms with E-state index >= 15 is 0 Å². The summed E-state index contributed by atoms with van der Waals surface area (Å²) < 4.78 is 8.11. The van der Waals surface area contributed by atoms with Gasteiger partial charge in [-0.1, -0.05) is 24.3 Å². The maximum absolute atomic E-state index is 12.1. The SMILES string of the molecule is Cc1cc(C)n(-c2ccc(CCNC(=O)COc3ccc(C4SCCCS4)cc3)cc2)n1. The van der Waals surface area contributed by atoms with Gasteiger partial charge in [0.2, 0.25) is 0 Å². The molecule has 3 aromatic rings. The van der Waals surface area contributed by atoms with Crippen molar-refractivity contribution in [1.29, 1.82) is 0 Å². The molecule has 0 unspecified atom stereocenters. The predicted molar refractivity (Wildman–Crippen MR) is 134 cm³/mol. The Morgan fingerprint density at radius 2 is 1.81 bits per heavy atom. The molecule has 1 aliphatic heterocycles. The molecule has 1 N–H and O–H groups in total. The molecule has 4 rings (SSSR count). The largest absolute Gasteiger partial charge is 0.484 e. The lowest BCUT2D eigenvalue weighted by Crippen LogP contribution is -2.30. The first-order valence-corrected chi connectivity index (χ1v) is 13.0. The molecule has 5 nitrogen and oxygen atoms in total. The maximum atomic E-state index is 12.1. The fourth-order valence-corrected chi connectivity index (χ4v) is 6.54. The number of hydrogen-bond acceptors (Lipinski definition) is 5. The first-order valence-electron chi connectivity index (χ1n) is 10.9. The van der Waals surface area contributed by atoms with Crippen LogP contribution in [-0.4, -0.2) is 40.3 Å². The van der Waals surface area contributed by atoms with Crippen LogP contribution in [0.15, 0.2) is 54.6 Å². The van der Waals surface area contributed by atoms with Crippen molar-refractivity contribution in [1.82, 2.24) is 15.1 Å². The van der Waals surface area contributed by atoms with E-state index in [1.54, 1.807) is 0 Å². The van der Waals surface area contributed by atoms with Crippen molar-refractivity contribution >= 4 is 29.4 Å². The van der Waals surface area contributed by atoms with Gasteiger partial charge in [0.15, 0.2) is 6.61 Å². The van der Waals surface area contributed by atoms with Crippen molar-refractivity contribution < 1.29 is 9.53 Å². The van der Waals surface area contributed by atoms with Crippen molar-refractivity contribution in [2.24, 2.45) is 0 Å². The van der Waals surface area contributed by atoms with E-state index in [0.717, 1.165) is 29.2 Å². The van der Waals surface area contributed by atoms with Gasteiger partial charge in [-0.25, -0.2) is 4.68 Å². The Bertz CT molecular complexity index is 1030. The molecule has 0 radical (unpaired) electrons. The van der Waals surface area contributed by atoms with Crippen LogP contribution in [0, 0.1) is 13.8 Å². The number of hydrogen-bond donors (Lipinski definition) is 1. The molecule has 2 aromatic carbocycles. The molecule has 1 amide bonds. The number of nitrogens with one attached hydrogen (secondary N) is 1. The fourth-order valence-electron chi connectivity index (χ4n) is 3.64. The topological polar surface area (TPSA) is 56.2 Å². The van der Waals surface area contributed by atoms with Crippen molar-refractivity contribution in [2.75, 3.05) is 24.7 Å². The maximum Gasteiger partial charge on any atom is 0.257 e. The molecule has 32 heavy (non-hydrogen) atoms. The van der Waals surface area contributed by atoms with E-state index in [0.29, 0.717) is 11.1 Å². The Kier molecular flexibility index (Phi) is 7.81. The number of thioether (sulfide) groups is 2. The molecule has 7 heteroatoms. The van der Waals surface area contributed by atoms with Gasteiger partial charge < -0.3 is 10.1 Å². The van der Waals surface area contributed by atoms with E-state index < -0.39 is 0 Å². The molecule has 0 aliphatic carbocycles. The number of benzene rings is 2. The zero-order valence-corrected chi connectivity index (χ0v) is 20.2. The standard InChI is InChI=1S/C25H29N3O2S2/c1-18-16-19(2)28(27-18)22-8-4-20(5-9-22)12-13-26-24(29)17-30-23-10-6-21(7-11-23)25-31-14-3-15-32-25/h4-11,16,25H,3,12-15,17H2,1-2H3,(H,26,29). The molecule has 0 spiro atoms. The Labute approximate surface area is 198 Å². The Balaban J connectivity index is 1.18. The minimum Gasteiger partial charge on any atom is -0.484 e. The molecule has 0 atom stereocenters. The molecule has 2 heterocycles. The summed E-state index contributed by atoms with van der Waals surface area (Å²) in [6.45, 7) is 4.66. The summed E-state index contributed by atoms with van der Waals surface area (Å²) in [6, 6.07) is 18.5. The molecule has 1 aromatic heterocycles. The number of nitrogens with zero attached hydrogens (tertiary/aromatic N) is 2. The summed E-state index contributed by atoms with van der Waals surface area (Å²) >= 11 is 4.00. The number of carbonyl (C=O) groups is 1. The average molecular weight is 468 g/mol. The highest BCUT2D eigenvalue weighted by atomic mass is 32.2. The summed E-state index contributed by atoms with van der Waals surface area (Å²) in [5.41, 5.74) is 5.66. The van der Waals surface area contributed by atoms with Crippen LogP contribution in [0.3, 0.4) is 0 Å². The van der Waals surface area contributed by atoms with Gasteiger partial charge >= 0.3 is 0 Å². The van der Waals surface area contributed by atoms with Crippen LogP contribution >= 0.6 is 23.5 Å². The van der Waals surface area contributed by atoms with E-state index in [2.05, 4.69) is 59.8 Å². The van der Waals surface area contributed by atoms with Crippen LogP contribution in [0.1, 0.15) is 33.5 Å². The van der Waals surface area contributed by atoms with Gasteiger partial charge in [-0.3, -0.25) is 4.79 Å². The monoisotopic (exact) mass is 467 g/mol. The third kappa shape index (κ3) is 6.11. The molecule has 0 saturated carbocycles. The highest BCUT2D eigenvalue weighted by molar-refractivity contribution is 8.16. The molecule has 168 valence electrons.